The zero-order chi connectivity index (χ0) is 34.2. The second kappa shape index (κ2) is 19.7. The third-order valence-electron chi connectivity index (χ3n) is 8.95. The molecule has 0 fully saturated rings. The first kappa shape index (κ1) is 37.6. The second-order valence-electron chi connectivity index (χ2n) is 12.5. The van der Waals surface area contributed by atoms with Crippen LogP contribution < -0.4 is 16.0 Å². The van der Waals surface area contributed by atoms with Crippen molar-refractivity contribution in [1.82, 2.24) is 0 Å². The first-order chi connectivity index (χ1) is 22.7. The lowest BCUT2D eigenvalue weighted by molar-refractivity contribution is -0.134. The van der Waals surface area contributed by atoms with Gasteiger partial charge in [-0.15, -0.1) is 0 Å². The Bertz CT molecular complexity index is 1700. The van der Waals surface area contributed by atoms with Gasteiger partial charge in [0.1, 0.15) is 22.7 Å². The number of phenolic OH excluding ortho intramolecular Hbond substituents is 1. The van der Waals surface area contributed by atoms with Crippen molar-refractivity contribution in [3.63, 3.8) is 0 Å². The molecule has 1 N–H and O–H groups in total. The van der Waals surface area contributed by atoms with E-state index in [2.05, 4.69) is 6.92 Å². The maximum atomic E-state index is 12.2. The molecule has 4 aromatic rings. The fourth-order valence-corrected chi connectivity index (χ4v) is 6.11. The predicted octanol–water partition coefficient (Wildman–Crippen LogP) is 10.4. The lowest BCUT2D eigenvalue weighted by Gasteiger charge is -2.08. The van der Waals surface area contributed by atoms with Gasteiger partial charge in [0, 0.05) is 40.5 Å². The number of unbranched alkanes of at least 4 members (excludes halogenated alkanes) is 12. The monoisotopic (exact) mass is 646 g/mol. The van der Waals surface area contributed by atoms with Crippen molar-refractivity contribution in [3.05, 3.63) is 79.5 Å². The first-order valence-electron chi connectivity index (χ1n) is 17.7. The van der Waals surface area contributed by atoms with Crippen LogP contribution in [0.25, 0.3) is 21.9 Å². The van der Waals surface area contributed by atoms with Gasteiger partial charge in [-0.2, -0.15) is 0 Å². The number of esters is 1. The maximum Gasteiger partial charge on any atom is 0.339 e. The number of hydrogen-bond donors (Lipinski definition) is 1. The van der Waals surface area contributed by atoms with Crippen molar-refractivity contribution in [2.24, 2.45) is 0 Å². The van der Waals surface area contributed by atoms with Crippen molar-refractivity contribution >= 4 is 27.9 Å². The minimum atomic E-state index is -0.312. The zero-order valence-corrected chi connectivity index (χ0v) is 29.2. The Kier molecular flexibility index (Phi) is 15.8. The number of phenols is 1. The summed E-state index contributed by atoms with van der Waals surface area (Å²) in [6, 6.07) is 10.1. The lowest BCUT2D eigenvalue weighted by Crippen LogP contribution is -2.10. The minimum Gasteiger partial charge on any atom is -0.508 e. The van der Waals surface area contributed by atoms with E-state index in [4.69, 9.17) is 13.6 Å². The number of fused-ring (bicyclic) bond motifs is 2. The molecule has 7 nitrogen and oxygen atoms in total. The molecule has 0 saturated carbocycles. The molecule has 256 valence electrons. The smallest absolute Gasteiger partial charge is 0.339 e. The van der Waals surface area contributed by atoms with Crippen molar-refractivity contribution in [2.75, 3.05) is 0 Å². The molecule has 2 aromatic carbocycles. The molecule has 0 radical (unpaired) electrons. The average molecular weight is 647 g/mol. The molecule has 2 heterocycles. The van der Waals surface area contributed by atoms with Crippen LogP contribution in [0, 0.1) is 13.8 Å². The van der Waals surface area contributed by atoms with E-state index in [0.717, 1.165) is 34.7 Å². The number of carbonyl (C=O) groups is 1. The van der Waals surface area contributed by atoms with Gasteiger partial charge in [-0.05, 0) is 68.5 Å². The van der Waals surface area contributed by atoms with E-state index in [-0.39, 0.29) is 23.0 Å². The van der Waals surface area contributed by atoms with E-state index >= 15 is 0 Å². The highest BCUT2D eigenvalue weighted by Gasteiger charge is 2.12. The largest absolute Gasteiger partial charge is 0.508 e. The molecule has 0 aliphatic carbocycles. The van der Waals surface area contributed by atoms with Crippen molar-refractivity contribution in [2.45, 2.75) is 137 Å². The summed E-state index contributed by atoms with van der Waals surface area (Å²) < 4.78 is 16.0. The molecule has 0 bridgehead atoms. The van der Waals surface area contributed by atoms with Crippen LogP contribution in [-0.4, -0.2) is 11.1 Å². The highest BCUT2D eigenvalue weighted by molar-refractivity contribution is 5.84. The van der Waals surface area contributed by atoms with E-state index in [1.54, 1.807) is 24.3 Å². The summed E-state index contributed by atoms with van der Waals surface area (Å²) in [7, 11) is 0. The number of aryl methyl sites for hydroxylation is 2. The Hall–Kier alpha value is -3.87. The summed E-state index contributed by atoms with van der Waals surface area (Å²) >= 11 is 0. The van der Waals surface area contributed by atoms with Gasteiger partial charge in [0.15, 0.2) is 0 Å². The zero-order valence-electron chi connectivity index (χ0n) is 29.2. The molecule has 0 saturated heterocycles. The van der Waals surface area contributed by atoms with Crippen LogP contribution in [-0.2, 0) is 17.6 Å². The van der Waals surface area contributed by atoms with E-state index in [9.17, 15) is 19.5 Å². The van der Waals surface area contributed by atoms with E-state index in [0.29, 0.717) is 47.3 Å². The number of rotatable bonds is 17. The van der Waals surface area contributed by atoms with E-state index in [1.807, 2.05) is 33.8 Å². The first-order valence-corrected chi connectivity index (χ1v) is 17.7. The Labute approximate surface area is 279 Å². The Balaban J connectivity index is 0.000000331. The molecule has 2 aromatic heterocycles. The van der Waals surface area contributed by atoms with Crippen LogP contribution in [0.15, 0.2) is 54.8 Å². The average Bonchev–Trinajstić information content (AvgIpc) is 3.03. The van der Waals surface area contributed by atoms with E-state index in [1.165, 1.54) is 76.7 Å². The molecule has 7 heteroatoms. The highest BCUT2D eigenvalue weighted by atomic mass is 16.5. The molecular weight excluding hydrogens is 592 g/mol. The number of benzene rings is 2. The van der Waals surface area contributed by atoms with Gasteiger partial charge in [-0.25, -0.2) is 9.59 Å². The summed E-state index contributed by atoms with van der Waals surface area (Å²) in [6.45, 7) is 9.95. The van der Waals surface area contributed by atoms with Gasteiger partial charge >= 0.3 is 17.2 Å². The van der Waals surface area contributed by atoms with Crippen molar-refractivity contribution < 1.29 is 23.5 Å². The van der Waals surface area contributed by atoms with Crippen LogP contribution in [0.5, 0.6) is 11.5 Å². The number of hydrogen-bond acceptors (Lipinski definition) is 7. The third kappa shape index (κ3) is 11.4. The van der Waals surface area contributed by atoms with Gasteiger partial charge in [-0.3, -0.25) is 4.79 Å². The molecule has 47 heavy (non-hydrogen) atoms. The summed E-state index contributed by atoms with van der Waals surface area (Å²) in [5.74, 6) is 0.315. The highest BCUT2D eigenvalue weighted by Crippen LogP contribution is 2.25. The van der Waals surface area contributed by atoms with Crippen LogP contribution in [0.2, 0.25) is 0 Å². The van der Waals surface area contributed by atoms with Gasteiger partial charge in [0.2, 0.25) is 0 Å². The quantitative estimate of drug-likeness (QED) is 0.0526. The van der Waals surface area contributed by atoms with E-state index < -0.39 is 0 Å². The van der Waals surface area contributed by atoms with Gasteiger partial charge in [-0.1, -0.05) is 97.8 Å². The molecule has 0 atom stereocenters. The maximum absolute atomic E-state index is 12.2. The van der Waals surface area contributed by atoms with Crippen molar-refractivity contribution in [3.8, 4) is 11.5 Å². The van der Waals surface area contributed by atoms with Gasteiger partial charge in [0.05, 0.1) is 0 Å². The fourth-order valence-electron chi connectivity index (χ4n) is 6.11. The Morgan fingerprint density at radius 1 is 0.638 bits per heavy atom. The Morgan fingerprint density at radius 3 is 1.57 bits per heavy atom. The molecule has 0 aliphatic heterocycles. The van der Waals surface area contributed by atoms with Crippen LogP contribution >= 0.6 is 0 Å². The van der Waals surface area contributed by atoms with Gasteiger partial charge in [0.25, 0.3) is 0 Å². The SMILES string of the molecule is CCCCCCCCCCCCCCCC(=O)Oc1ccc2c(C)c(CC)c(=O)oc2c1.CCc1c(C)c2ccc(O)cc2oc1=O. The molecule has 0 unspecified atom stereocenters. The number of carbonyl (C=O) groups excluding carboxylic acids is 1. The van der Waals surface area contributed by atoms with Gasteiger partial charge < -0.3 is 18.7 Å². The summed E-state index contributed by atoms with van der Waals surface area (Å²) in [5, 5.41) is 11.0. The van der Waals surface area contributed by atoms with Crippen LogP contribution in [0.1, 0.15) is 133 Å². The second-order valence-corrected chi connectivity index (χ2v) is 12.5. The summed E-state index contributed by atoms with van der Waals surface area (Å²) in [6.07, 6.45) is 18.4. The summed E-state index contributed by atoms with van der Waals surface area (Å²) in [5.41, 5.74) is 3.55. The standard InChI is InChI=1S/C28H42O4.C12H12O3/c1-4-6-7-8-9-10-11-12-13-14-15-16-17-18-27(29)31-23-19-20-25-22(3)24(5-2)28(30)32-26(25)21-23;1-3-9-7(2)10-5-4-8(13)6-11(10)15-12(9)14/h19-21H,4-18H2,1-3H3;4-6,13H,3H2,1-2H3. The lowest BCUT2D eigenvalue weighted by atomic mass is 10.0. The van der Waals surface area contributed by atoms with Crippen molar-refractivity contribution in [1.29, 1.82) is 0 Å². The molecular formula is C40H54O7. The predicted molar refractivity (Wildman–Crippen MR) is 191 cm³/mol. The number of aromatic hydroxyl groups is 1. The molecule has 0 aliphatic rings. The Morgan fingerprint density at radius 2 is 1.09 bits per heavy atom. The molecule has 0 amide bonds. The fraction of sp³-hybridized carbons (Fsp3) is 0.525. The summed E-state index contributed by atoms with van der Waals surface area (Å²) in [4.78, 5) is 35.8. The topological polar surface area (TPSA) is 107 Å². The normalized spacial score (nSPS) is 11.1. The molecule has 0 spiro atoms. The third-order valence-corrected chi connectivity index (χ3v) is 8.95. The molecule has 4 rings (SSSR count). The van der Waals surface area contributed by atoms with Crippen LogP contribution in [0.4, 0.5) is 0 Å². The minimum absolute atomic E-state index is 0.106. The van der Waals surface area contributed by atoms with Crippen LogP contribution in [0.3, 0.4) is 0 Å². The number of ether oxygens (including phenoxy) is 1.